The van der Waals surface area contributed by atoms with E-state index in [4.69, 9.17) is 9.47 Å². The monoisotopic (exact) mass is 523 g/mol. The Hall–Kier alpha value is -3.89. The van der Waals surface area contributed by atoms with Gasteiger partial charge in [-0.05, 0) is 48.4 Å². The predicted octanol–water partition coefficient (Wildman–Crippen LogP) is 2.73. The number of anilines is 1. The highest BCUT2D eigenvalue weighted by Gasteiger charge is 2.34. The quantitative estimate of drug-likeness (QED) is 0.487. The summed E-state index contributed by atoms with van der Waals surface area (Å²) in [5.74, 6) is 0.132. The van der Waals surface area contributed by atoms with Crippen molar-refractivity contribution in [3.63, 3.8) is 0 Å². The van der Waals surface area contributed by atoms with Crippen LogP contribution in [0.25, 0.3) is 0 Å². The van der Waals surface area contributed by atoms with Gasteiger partial charge in [0.2, 0.25) is 10.0 Å². The number of amides is 2. The number of rotatable bonds is 8. The van der Waals surface area contributed by atoms with Gasteiger partial charge in [0.05, 0.1) is 17.1 Å². The van der Waals surface area contributed by atoms with Gasteiger partial charge in [0.25, 0.3) is 11.8 Å². The van der Waals surface area contributed by atoms with Gasteiger partial charge >= 0.3 is 0 Å². The molecule has 3 aromatic carbocycles. The maximum Gasteiger partial charge on any atom is 0.265 e. The van der Waals surface area contributed by atoms with Gasteiger partial charge in [0.15, 0.2) is 12.7 Å². The van der Waals surface area contributed by atoms with E-state index in [1.807, 2.05) is 30.3 Å². The maximum absolute atomic E-state index is 13.2. The Balaban J connectivity index is 1.45. The van der Waals surface area contributed by atoms with E-state index < -0.39 is 16.1 Å². The first-order valence-corrected chi connectivity index (χ1v) is 13.1. The van der Waals surface area contributed by atoms with Gasteiger partial charge in [-0.3, -0.25) is 9.59 Å². The summed E-state index contributed by atoms with van der Waals surface area (Å²) in [6.45, 7) is 1.79. The lowest BCUT2D eigenvalue weighted by Gasteiger charge is -2.34. The molecule has 194 valence electrons. The molecule has 10 heteroatoms. The molecule has 4 rings (SSSR count). The van der Waals surface area contributed by atoms with E-state index in [9.17, 15) is 18.0 Å². The SMILES string of the molecule is Cc1cc(S(=O)(=O)N(C)C)ccc1OCC(=O)N1C[C@H](C(=O)NCc2ccccc2)Oc2ccccc21. The minimum Gasteiger partial charge on any atom is -0.483 e. The third-order valence-corrected chi connectivity index (χ3v) is 7.76. The topological polar surface area (TPSA) is 105 Å². The Bertz CT molecular complexity index is 1390. The molecule has 1 aliphatic rings. The lowest BCUT2D eigenvalue weighted by molar-refractivity contribution is -0.128. The average molecular weight is 524 g/mol. The van der Waals surface area contributed by atoms with Crippen molar-refractivity contribution in [1.82, 2.24) is 9.62 Å². The molecule has 0 aromatic heterocycles. The van der Waals surface area contributed by atoms with Crippen molar-refractivity contribution < 1.29 is 27.5 Å². The summed E-state index contributed by atoms with van der Waals surface area (Å²) in [6, 6.07) is 21.0. The van der Waals surface area contributed by atoms with Crippen LogP contribution < -0.4 is 19.7 Å². The van der Waals surface area contributed by atoms with Crippen LogP contribution in [0.1, 0.15) is 11.1 Å². The highest BCUT2D eigenvalue weighted by Crippen LogP contribution is 2.33. The molecule has 0 spiro atoms. The Kier molecular flexibility index (Phi) is 7.80. The Morgan fingerprint density at radius 3 is 2.46 bits per heavy atom. The summed E-state index contributed by atoms with van der Waals surface area (Å²) in [5.41, 5.74) is 2.08. The van der Waals surface area contributed by atoms with E-state index in [0.29, 0.717) is 29.3 Å². The third-order valence-electron chi connectivity index (χ3n) is 5.95. The van der Waals surface area contributed by atoms with Crippen LogP contribution in [0.15, 0.2) is 77.7 Å². The Morgan fingerprint density at radius 1 is 1.05 bits per heavy atom. The number of sulfonamides is 1. The van der Waals surface area contributed by atoms with E-state index in [-0.39, 0.29) is 29.9 Å². The van der Waals surface area contributed by atoms with Crippen LogP contribution in [0, 0.1) is 6.92 Å². The first kappa shape index (κ1) is 26.2. The van der Waals surface area contributed by atoms with Crippen LogP contribution in [0.5, 0.6) is 11.5 Å². The molecule has 9 nitrogen and oxygen atoms in total. The fourth-order valence-electron chi connectivity index (χ4n) is 3.88. The molecule has 1 atom stereocenters. The van der Waals surface area contributed by atoms with Gasteiger partial charge in [-0.2, -0.15) is 0 Å². The summed E-state index contributed by atoms with van der Waals surface area (Å²) in [7, 11) is -0.661. The Morgan fingerprint density at radius 2 is 1.76 bits per heavy atom. The molecule has 0 fully saturated rings. The van der Waals surface area contributed by atoms with Crippen molar-refractivity contribution in [2.24, 2.45) is 0 Å². The number of nitrogens with zero attached hydrogens (tertiary/aromatic N) is 2. The van der Waals surface area contributed by atoms with E-state index in [2.05, 4.69) is 5.32 Å². The summed E-state index contributed by atoms with van der Waals surface area (Å²) >= 11 is 0. The smallest absolute Gasteiger partial charge is 0.265 e. The number of hydrogen-bond acceptors (Lipinski definition) is 6. The zero-order valence-electron chi connectivity index (χ0n) is 20.9. The number of benzene rings is 3. The predicted molar refractivity (Wildman–Crippen MR) is 139 cm³/mol. The van der Waals surface area contributed by atoms with Crippen LogP contribution in [0.3, 0.4) is 0 Å². The minimum absolute atomic E-state index is 0.0266. The van der Waals surface area contributed by atoms with Crippen LogP contribution in [0.2, 0.25) is 0 Å². The summed E-state index contributed by atoms with van der Waals surface area (Å²) in [4.78, 5) is 27.7. The highest BCUT2D eigenvalue weighted by atomic mass is 32.2. The first-order valence-electron chi connectivity index (χ1n) is 11.7. The minimum atomic E-state index is -3.58. The van der Waals surface area contributed by atoms with Crippen molar-refractivity contribution in [3.05, 3.63) is 83.9 Å². The van der Waals surface area contributed by atoms with Crippen molar-refractivity contribution in [1.29, 1.82) is 0 Å². The Labute approximate surface area is 216 Å². The van der Waals surface area contributed by atoms with E-state index >= 15 is 0 Å². The standard InChI is InChI=1S/C27H29N3O6S/c1-19-15-21(37(33,34)29(2)3)13-14-23(19)35-18-26(31)30-17-25(36-24-12-8-7-11-22(24)30)27(32)28-16-20-9-5-4-6-10-20/h4-15,25H,16-18H2,1-3H3,(H,28,32)/t25-/m1/s1. The van der Waals surface area contributed by atoms with Gasteiger partial charge < -0.3 is 19.7 Å². The normalized spacial score (nSPS) is 15.0. The molecule has 37 heavy (non-hydrogen) atoms. The fourth-order valence-corrected chi connectivity index (χ4v) is 4.87. The van der Waals surface area contributed by atoms with Crippen LogP contribution >= 0.6 is 0 Å². The average Bonchev–Trinajstić information content (AvgIpc) is 2.90. The molecule has 1 N–H and O–H groups in total. The summed E-state index contributed by atoms with van der Waals surface area (Å²) < 4.78 is 37.5. The summed E-state index contributed by atoms with van der Waals surface area (Å²) in [5, 5.41) is 2.86. The van der Waals surface area contributed by atoms with Crippen LogP contribution in [0.4, 0.5) is 5.69 Å². The largest absolute Gasteiger partial charge is 0.483 e. The second-order valence-corrected chi connectivity index (χ2v) is 10.9. The van der Waals surface area contributed by atoms with Gasteiger partial charge in [-0.25, -0.2) is 12.7 Å². The number of nitrogens with one attached hydrogen (secondary N) is 1. The van der Waals surface area contributed by atoms with Crippen molar-refractivity contribution in [3.8, 4) is 11.5 Å². The fraction of sp³-hybridized carbons (Fsp3) is 0.259. The van der Waals surface area contributed by atoms with Crippen LogP contribution in [-0.2, 0) is 26.2 Å². The van der Waals surface area contributed by atoms with Crippen LogP contribution in [-0.4, -0.2) is 57.9 Å². The summed E-state index contributed by atoms with van der Waals surface area (Å²) in [6.07, 6.45) is -0.889. The molecule has 0 unspecified atom stereocenters. The molecule has 2 amide bonds. The molecule has 0 bridgehead atoms. The number of ether oxygens (including phenoxy) is 2. The molecule has 0 radical (unpaired) electrons. The lowest BCUT2D eigenvalue weighted by Crippen LogP contribution is -2.51. The molecule has 1 heterocycles. The van der Waals surface area contributed by atoms with Crippen molar-refractivity contribution in [2.45, 2.75) is 24.5 Å². The van der Waals surface area contributed by atoms with Gasteiger partial charge in [-0.15, -0.1) is 0 Å². The van der Waals surface area contributed by atoms with Crippen molar-refractivity contribution >= 4 is 27.5 Å². The highest BCUT2D eigenvalue weighted by molar-refractivity contribution is 7.89. The van der Waals surface area contributed by atoms with Gasteiger partial charge in [0, 0.05) is 20.6 Å². The number of carbonyl (C=O) groups excluding carboxylic acids is 2. The lowest BCUT2D eigenvalue weighted by atomic mass is 10.1. The maximum atomic E-state index is 13.2. The third kappa shape index (κ3) is 5.92. The molecular formula is C27H29N3O6S. The van der Waals surface area contributed by atoms with Crippen molar-refractivity contribution in [2.75, 3.05) is 32.1 Å². The van der Waals surface area contributed by atoms with Gasteiger partial charge in [-0.1, -0.05) is 42.5 Å². The molecule has 0 saturated carbocycles. The molecule has 0 saturated heterocycles. The van der Waals surface area contributed by atoms with E-state index in [1.54, 1.807) is 31.2 Å². The van der Waals surface area contributed by atoms with E-state index in [0.717, 1.165) is 9.87 Å². The zero-order chi connectivity index (χ0) is 26.6. The molecular weight excluding hydrogens is 494 g/mol. The number of aryl methyl sites for hydroxylation is 1. The number of hydrogen-bond donors (Lipinski definition) is 1. The molecule has 3 aromatic rings. The van der Waals surface area contributed by atoms with E-state index in [1.165, 1.54) is 37.2 Å². The molecule has 0 aliphatic carbocycles. The second kappa shape index (κ2) is 11.0. The number of carbonyl (C=O) groups is 2. The number of para-hydroxylation sites is 2. The van der Waals surface area contributed by atoms with Gasteiger partial charge in [0.1, 0.15) is 11.5 Å². The zero-order valence-corrected chi connectivity index (χ0v) is 21.7. The number of fused-ring (bicyclic) bond motifs is 1. The second-order valence-electron chi connectivity index (χ2n) is 8.79. The molecule has 1 aliphatic heterocycles. The first-order chi connectivity index (χ1) is 17.7.